The molecule has 0 amide bonds. The molecule has 20 heavy (non-hydrogen) atoms. The van der Waals surface area contributed by atoms with Crippen LogP contribution in [0.1, 0.15) is 16.7 Å². The molecular formula is C17H17Cl3. The van der Waals surface area contributed by atoms with Crippen molar-refractivity contribution in [3.05, 3.63) is 70.2 Å². The van der Waals surface area contributed by atoms with Crippen molar-refractivity contribution in [1.82, 2.24) is 0 Å². The van der Waals surface area contributed by atoms with Crippen LogP contribution in [-0.2, 0) is 11.8 Å². The highest BCUT2D eigenvalue weighted by Crippen LogP contribution is 2.33. The lowest BCUT2D eigenvalue weighted by Crippen LogP contribution is -2.33. The number of halogens is 3. The number of alkyl halides is 2. The number of rotatable bonds is 5. The Kier molecular flexibility index (Phi) is 5.37. The number of benzene rings is 2. The summed E-state index contributed by atoms with van der Waals surface area (Å²) in [6.45, 7) is 2.08. The molecule has 106 valence electrons. The zero-order chi connectivity index (χ0) is 14.6. The van der Waals surface area contributed by atoms with Crippen molar-refractivity contribution in [3.8, 4) is 0 Å². The van der Waals surface area contributed by atoms with Gasteiger partial charge in [0, 0.05) is 22.2 Å². The third kappa shape index (κ3) is 3.49. The monoisotopic (exact) mass is 326 g/mol. The third-order valence-electron chi connectivity index (χ3n) is 3.61. The average molecular weight is 328 g/mol. The van der Waals surface area contributed by atoms with E-state index in [1.165, 1.54) is 11.1 Å². The van der Waals surface area contributed by atoms with E-state index in [0.29, 0.717) is 16.8 Å². The summed E-state index contributed by atoms with van der Waals surface area (Å²) in [7, 11) is 0. The van der Waals surface area contributed by atoms with Gasteiger partial charge in [0.15, 0.2) is 0 Å². The maximum absolute atomic E-state index is 6.26. The van der Waals surface area contributed by atoms with Crippen LogP contribution in [0.15, 0.2) is 48.5 Å². The summed E-state index contributed by atoms with van der Waals surface area (Å²) in [5.74, 6) is 0.926. The van der Waals surface area contributed by atoms with E-state index in [4.69, 9.17) is 34.8 Å². The second-order valence-corrected chi connectivity index (χ2v) is 6.19. The summed E-state index contributed by atoms with van der Waals surface area (Å²) in [6.07, 6.45) is 0.806. The van der Waals surface area contributed by atoms with E-state index in [1.54, 1.807) is 0 Å². The summed E-state index contributed by atoms with van der Waals surface area (Å²) in [5, 5.41) is 0.714. The molecule has 0 nitrogen and oxygen atoms in total. The van der Waals surface area contributed by atoms with Crippen molar-refractivity contribution in [3.63, 3.8) is 0 Å². The molecule has 0 N–H and O–H groups in total. The molecule has 0 unspecified atom stereocenters. The van der Waals surface area contributed by atoms with Crippen LogP contribution < -0.4 is 0 Å². The molecule has 0 saturated heterocycles. The first-order valence-electron chi connectivity index (χ1n) is 6.53. The highest BCUT2D eigenvalue weighted by atomic mass is 35.5. The second kappa shape index (κ2) is 6.85. The Labute approximate surface area is 135 Å². The van der Waals surface area contributed by atoms with Gasteiger partial charge in [0.1, 0.15) is 0 Å². The normalized spacial score (nSPS) is 11.6. The molecule has 0 aliphatic heterocycles. The predicted octanol–water partition coefficient (Wildman–Crippen LogP) is 5.61. The molecule has 0 aliphatic rings. The van der Waals surface area contributed by atoms with Gasteiger partial charge < -0.3 is 0 Å². The summed E-state index contributed by atoms with van der Waals surface area (Å²) in [4.78, 5) is 0. The minimum absolute atomic E-state index is 0.288. The molecule has 3 heteroatoms. The van der Waals surface area contributed by atoms with E-state index in [0.717, 1.165) is 12.0 Å². The van der Waals surface area contributed by atoms with E-state index in [1.807, 2.05) is 24.3 Å². The molecule has 0 aliphatic carbocycles. The fourth-order valence-electron chi connectivity index (χ4n) is 2.30. The van der Waals surface area contributed by atoms with Crippen LogP contribution in [0.3, 0.4) is 0 Å². The first-order valence-corrected chi connectivity index (χ1v) is 7.98. The van der Waals surface area contributed by atoms with Gasteiger partial charge in [-0.25, -0.2) is 0 Å². The molecule has 0 spiro atoms. The van der Waals surface area contributed by atoms with Crippen molar-refractivity contribution in [2.75, 3.05) is 11.8 Å². The van der Waals surface area contributed by atoms with Crippen LogP contribution in [0.2, 0.25) is 5.02 Å². The van der Waals surface area contributed by atoms with Crippen molar-refractivity contribution in [2.45, 2.75) is 18.8 Å². The predicted molar refractivity (Wildman–Crippen MR) is 89.5 cm³/mol. The van der Waals surface area contributed by atoms with Gasteiger partial charge in [-0.3, -0.25) is 0 Å². The Morgan fingerprint density at radius 3 is 2.15 bits per heavy atom. The van der Waals surface area contributed by atoms with E-state index >= 15 is 0 Å². The van der Waals surface area contributed by atoms with Crippen molar-refractivity contribution in [2.24, 2.45) is 0 Å². The number of hydrogen-bond donors (Lipinski definition) is 0. The molecule has 2 aromatic rings. The lowest BCUT2D eigenvalue weighted by molar-refractivity contribution is 0.536. The Morgan fingerprint density at radius 2 is 1.60 bits per heavy atom. The largest absolute Gasteiger partial charge is 0.126 e. The fourth-order valence-corrected chi connectivity index (χ4v) is 3.28. The maximum atomic E-state index is 6.26. The lowest BCUT2D eigenvalue weighted by atomic mass is 9.78. The third-order valence-corrected chi connectivity index (χ3v) is 4.87. The smallest absolute Gasteiger partial charge is 0.0408 e. The zero-order valence-corrected chi connectivity index (χ0v) is 13.6. The summed E-state index contributed by atoms with van der Waals surface area (Å²) < 4.78 is 0. The summed E-state index contributed by atoms with van der Waals surface area (Å²) >= 11 is 18.6. The Bertz CT molecular complexity index is 557. The number of aryl methyl sites for hydroxylation is 1. The highest BCUT2D eigenvalue weighted by Gasteiger charge is 2.31. The van der Waals surface area contributed by atoms with Gasteiger partial charge in [0.25, 0.3) is 0 Å². The Morgan fingerprint density at radius 1 is 0.950 bits per heavy atom. The Hall–Kier alpha value is -0.690. The Balaban J connectivity index is 2.36. The topological polar surface area (TPSA) is 0 Å². The van der Waals surface area contributed by atoms with Crippen LogP contribution in [0, 0.1) is 6.92 Å². The zero-order valence-electron chi connectivity index (χ0n) is 11.4. The van der Waals surface area contributed by atoms with Gasteiger partial charge in [-0.15, -0.1) is 23.2 Å². The van der Waals surface area contributed by atoms with Gasteiger partial charge >= 0.3 is 0 Å². The minimum Gasteiger partial charge on any atom is -0.126 e. The lowest BCUT2D eigenvalue weighted by Gasteiger charge is -2.30. The van der Waals surface area contributed by atoms with Gasteiger partial charge in [0.05, 0.1) is 0 Å². The SMILES string of the molecule is Cc1ccc(CC(CCl)(CCl)c2cccc(Cl)c2)cc1. The molecule has 0 heterocycles. The summed E-state index contributed by atoms with van der Waals surface area (Å²) in [6, 6.07) is 16.3. The molecule has 2 aromatic carbocycles. The van der Waals surface area contributed by atoms with Crippen molar-refractivity contribution >= 4 is 34.8 Å². The van der Waals surface area contributed by atoms with Crippen molar-refractivity contribution < 1.29 is 0 Å². The first-order chi connectivity index (χ1) is 9.59. The van der Waals surface area contributed by atoms with E-state index in [9.17, 15) is 0 Å². The van der Waals surface area contributed by atoms with Crippen molar-refractivity contribution in [1.29, 1.82) is 0 Å². The van der Waals surface area contributed by atoms with Gasteiger partial charge in [0.2, 0.25) is 0 Å². The first kappa shape index (κ1) is 15.7. The molecule has 0 aromatic heterocycles. The molecule has 0 atom stereocenters. The second-order valence-electron chi connectivity index (χ2n) is 5.22. The molecular weight excluding hydrogens is 311 g/mol. The van der Waals surface area contributed by atoms with Gasteiger partial charge in [-0.2, -0.15) is 0 Å². The van der Waals surface area contributed by atoms with Crippen LogP contribution >= 0.6 is 34.8 Å². The average Bonchev–Trinajstić information content (AvgIpc) is 2.47. The summed E-state index contributed by atoms with van der Waals surface area (Å²) in [5.41, 5.74) is 3.29. The van der Waals surface area contributed by atoms with Crippen LogP contribution in [-0.4, -0.2) is 11.8 Å². The molecule has 0 bridgehead atoms. The van der Waals surface area contributed by atoms with Crippen LogP contribution in [0.4, 0.5) is 0 Å². The minimum atomic E-state index is -0.288. The number of hydrogen-bond acceptors (Lipinski definition) is 0. The fraction of sp³-hybridized carbons (Fsp3) is 0.294. The maximum Gasteiger partial charge on any atom is 0.0408 e. The van der Waals surface area contributed by atoms with Gasteiger partial charge in [-0.05, 0) is 36.6 Å². The van der Waals surface area contributed by atoms with Crippen LogP contribution in [0.25, 0.3) is 0 Å². The van der Waals surface area contributed by atoms with Gasteiger partial charge in [-0.1, -0.05) is 53.6 Å². The van der Waals surface area contributed by atoms with Crippen LogP contribution in [0.5, 0.6) is 0 Å². The standard InChI is InChI=1S/C17H17Cl3/c1-13-5-7-14(8-6-13)10-17(11-18,12-19)15-3-2-4-16(20)9-15/h2-9H,10-12H2,1H3. The quantitative estimate of drug-likeness (QED) is 0.626. The van der Waals surface area contributed by atoms with E-state index in [2.05, 4.69) is 31.2 Å². The van der Waals surface area contributed by atoms with E-state index in [-0.39, 0.29) is 5.41 Å². The molecule has 0 radical (unpaired) electrons. The van der Waals surface area contributed by atoms with E-state index < -0.39 is 0 Å². The highest BCUT2D eigenvalue weighted by molar-refractivity contribution is 6.30. The molecule has 0 fully saturated rings. The molecule has 0 saturated carbocycles. The molecule has 2 rings (SSSR count).